The van der Waals surface area contributed by atoms with Gasteiger partial charge in [0.1, 0.15) is 11.8 Å². The predicted molar refractivity (Wildman–Crippen MR) is 151 cm³/mol. The second kappa shape index (κ2) is 10.7. The van der Waals surface area contributed by atoms with E-state index < -0.39 is 6.04 Å². The van der Waals surface area contributed by atoms with Gasteiger partial charge in [-0.15, -0.1) is 5.10 Å². The van der Waals surface area contributed by atoms with Gasteiger partial charge in [0, 0.05) is 31.7 Å². The molecule has 1 aliphatic rings. The molecule has 0 saturated carbocycles. The minimum atomic E-state index is -0.405. The van der Waals surface area contributed by atoms with Crippen molar-refractivity contribution in [3.63, 3.8) is 0 Å². The van der Waals surface area contributed by atoms with Gasteiger partial charge in [-0.3, -0.25) is 9.69 Å². The molecule has 3 heterocycles. The maximum atomic E-state index is 13.6. The molecule has 6 rings (SSSR count). The van der Waals surface area contributed by atoms with Gasteiger partial charge in [0.2, 0.25) is 0 Å². The zero-order valence-electron chi connectivity index (χ0n) is 22.1. The van der Waals surface area contributed by atoms with E-state index in [2.05, 4.69) is 48.5 Å². The first-order valence-electron chi connectivity index (χ1n) is 13.2. The van der Waals surface area contributed by atoms with Gasteiger partial charge in [-0.2, -0.15) is 0 Å². The molecule has 0 spiro atoms. The van der Waals surface area contributed by atoms with Crippen LogP contribution in [0.4, 0.5) is 5.69 Å². The topological polar surface area (TPSA) is 92.2 Å². The summed E-state index contributed by atoms with van der Waals surface area (Å²) in [5.41, 5.74) is 4.58. The number of hydrogen-bond acceptors (Lipinski definition) is 7. The molecular weight excluding hydrogens is 490 g/mol. The van der Waals surface area contributed by atoms with Crippen LogP contribution in [0, 0.1) is 6.92 Å². The van der Waals surface area contributed by atoms with E-state index in [1.54, 1.807) is 7.11 Å². The van der Waals surface area contributed by atoms with Crippen LogP contribution in [0.3, 0.4) is 0 Å². The summed E-state index contributed by atoms with van der Waals surface area (Å²) >= 11 is 0. The van der Waals surface area contributed by atoms with Crippen molar-refractivity contribution in [3.8, 4) is 5.75 Å². The molecule has 0 bridgehead atoms. The second-order valence-corrected chi connectivity index (χ2v) is 9.87. The van der Waals surface area contributed by atoms with Crippen LogP contribution < -0.4 is 15.2 Å². The molecular formula is C30H31N7O2. The fraction of sp³-hybridized carbons (Fsp3) is 0.267. The minimum Gasteiger partial charge on any atom is -0.495 e. The van der Waals surface area contributed by atoms with Gasteiger partial charge in [-0.05, 0) is 52.1 Å². The van der Waals surface area contributed by atoms with E-state index in [9.17, 15) is 4.79 Å². The Kier molecular flexibility index (Phi) is 6.81. The number of hydrogen-bond donors (Lipinski definition) is 1. The van der Waals surface area contributed by atoms with Crippen LogP contribution in [0.25, 0.3) is 10.9 Å². The number of nitrogens with zero attached hydrogens (tertiary/aromatic N) is 6. The van der Waals surface area contributed by atoms with Crippen molar-refractivity contribution in [2.24, 2.45) is 0 Å². The third-order valence-electron chi connectivity index (χ3n) is 7.50. The van der Waals surface area contributed by atoms with E-state index in [1.165, 1.54) is 0 Å². The van der Waals surface area contributed by atoms with Crippen LogP contribution in [-0.2, 0) is 6.54 Å². The lowest BCUT2D eigenvalue weighted by Gasteiger charge is -2.40. The Hall–Kier alpha value is -4.50. The molecule has 9 heteroatoms. The number of H-pyrrole nitrogens is 1. The highest BCUT2D eigenvalue weighted by Crippen LogP contribution is 2.32. The minimum absolute atomic E-state index is 0.122. The van der Waals surface area contributed by atoms with Gasteiger partial charge >= 0.3 is 0 Å². The first-order valence-corrected chi connectivity index (χ1v) is 13.2. The number of para-hydroxylation sites is 3. The molecule has 0 amide bonds. The Morgan fingerprint density at radius 3 is 2.51 bits per heavy atom. The molecule has 1 aliphatic heterocycles. The lowest BCUT2D eigenvalue weighted by molar-refractivity contribution is 0.200. The van der Waals surface area contributed by atoms with Crippen LogP contribution in [-0.4, -0.2) is 63.4 Å². The molecule has 5 aromatic rings. The predicted octanol–water partition coefficient (Wildman–Crippen LogP) is 3.79. The number of benzene rings is 3. The van der Waals surface area contributed by atoms with Gasteiger partial charge in [0.05, 0.1) is 24.9 Å². The normalized spacial score (nSPS) is 15.0. The molecule has 1 N–H and O–H groups in total. The van der Waals surface area contributed by atoms with Crippen LogP contribution in [0.15, 0.2) is 83.7 Å². The molecule has 9 nitrogen and oxygen atoms in total. The number of nitrogens with one attached hydrogen (secondary N) is 1. The third-order valence-corrected chi connectivity index (χ3v) is 7.50. The SMILES string of the molecule is COc1ccccc1N1CCN([C@H](c2cc3cccc(C)c3[nH]c2=O)c2nnnn2Cc2ccccc2)CC1. The maximum absolute atomic E-state index is 13.6. The van der Waals surface area contributed by atoms with Crippen molar-refractivity contribution in [3.05, 3.63) is 112 Å². The number of aromatic amines is 1. The lowest BCUT2D eigenvalue weighted by Crippen LogP contribution is -2.49. The Balaban J connectivity index is 1.39. The zero-order valence-corrected chi connectivity index (χ0v) is 22.1. The van der Waals surface area contributed by atoms with Crippen molar-refractivity contribution in [2.45, 2.75) is 19.5 Å². The van der Waals surface area contributed by atoms with Crippen molar-refractivity contribution < 1.29 is 4.74 Å². The summed E-state index contributed by atoms with van der Waals surface area (Å²) in [6.07, 6.45) is 0. The standard InChI is InChI=1S/C30H31N7O2/c1-21-9-8-12-23-19-24(30(38)31-27(21)23)28(29-32-33-34-37(29)20-22-10-4-3-5-11-22)36-17-15-35(16-18-36)25-13-6-7-14-26(25)39-2/h3-14,19,28H,15-18,20H2,1-2H3,(H,31,38)/t28-/m1/s1. The van der Waals surface area contributed by atoms with Gasteiger partial charge in [-0.25, -0.2) is 4.68 Å². The van der Waals surface area contributed by atoms with E-state index in [-0.39, 0.29) is 5.56 Å². The Bertz CT molecular complexity index is 1640. The number of methoxy groups -OCH3 is 1. The Morgan fingerprint density at radius 1 is 0.949 bits per heavy atom. The van der Waals surface area contributed by atoms with E-state index in [1.807, 2.05) is 72.3 Å². The number of anilines is 1. The number of aryl methyl sites for hydroxylation is 1. The molecule has 0 radical (unpaired) electrons. The molecule has 1 saturated heterocycles. The fourth-order valence-electron chi connectivity index (χ4n) is 5.49. The van der Waals surface area contributed by atoms with Crippen LogP contribution in [0.2, 0.25) is 0 Å². The largest absolute Gasteiger partial charge is 0.495 e. The average molecular weight is 522 g/mol. The molecule has 2 aromatic heterocycles. The summed E-state index contributed by atoms with van der Waals surface area (Å²) < 4.78 is 7.42. The fourth-order valence-corrected chi connectivity index (χ4v) is 5.49. The summed E-state index contributed by atoms with van der Waals surface area (Å²) in [7, 11) is 1.70. The molecule has 1 atom stereocenters. The molecule has 3 aromatic carbocycles. The number of tetrazole rings is 1. The van der Waals surface area contributed by atoms with Gasteiger partial charge in [0.25, 0.3) is 5.56 Å². The summed E-state index contributed by atoms with van der Waals surface area (Å²) in [6.45, 7) is 5.54. The molecule has 0 aliphatic carbocycles. The summed E-state index contributed by atoms with van der Waals surface area (Å²) in [5, 5.41) is 13.9. The molecule has 1 fully saturated rings. The summed E-state index contributed by atoms with van der Waals surface area (Å²) in [5.74, 6) is 1.51. The monoisotopic (exact) mass is 521 g/mol. The highest BCUT2D eigenvalue weighted by atomic mass is 16.5. The van der Waals surface area contributed by atoms with Crippen molar-refractivity contribution >= 4 is 16.6 Å². The second-order valence-electron chi connectivity index (χ2n) is 9.87. The Morgan fingerprint density at radius 2 is 1.72 bits per heavy atom. The van der Waals surface area contributed by atoms with Gasteiger partial charge < -0.3 is 14.6 Å². The summed E-state index contributed by atoms with van der Waals surface area (Å²) in [4.78, 5) is 21.4. The van der Waals surface area contributed by atoms with Crippen molar-refractivity contribution in [1.82, 2.24) is 30.1 Å². The Labute approximate surface area is 226 Å². The maximum Gasteiger partial charge on any atom is 0.253 e. The molecule has 0 unspecified atom stereocenters. The van der Waals surface area contributed by atoms with Gasteiger partial charge in [0.15, 0.2) is 5.82 Å². The number of piperazine rings is 1. The number of pyridine rings is 1. The number of aromatic nitrogens is 5. The lowest BCUT2D eigenvalue weighted by atomic mass is 10.0. The zero-order chi connectivity index (χ0) is 26.8. The van der Waals surface area contributed by atoms with Gasteiger partial charge in [-0.1, -0.05) is 60.7 Å². The van der Waals surface area contributed by atoms with Crippen LogP contribution >= 0.6 is 0 Å². The number of rotatable bonds is 7. The van der Waals surface area contributed by atoms with E-state index in [0.717, 1.165) is 59.6 Å². The number of ether oxygens (including phenoxy) is 1. The van der Waals surface area contributed by atoms with Crippen molar-refractivity contribution in [1.29, 1.82) is 0 Å². The highest BCUT2D eigenvalue weighted by molar-refractivity contribution is 5.82. The van der Waals surface area contributed by atoms with E-state index >= 15 is 0 Å². The summed E-state index contributed by atoms with van der Waals surface area (Å²) in [6, 6.07) is 25.8. The van der Waals surface area contributed by atoms with Crippen LogP contribution in [0.5, 0.6) is 5.75 Å². The number of fused-ring (bicyclic) bond motifs is 1. The quantitative estimate of drug-likeness (QED) is 0.348. The van der Waals surface area contributed by atoms with E-state index in [4.69, 9.17) is 4.74 Å². The highest BCUT2D eigenvalue weighted by Gasteiger charge is 2.33. The third kappa shape index (κ3) is 4.88. The first-order chi connectivity index (χ1) is 19.1. The molecule has 39 heavy (non-hydrogen) atoms. The van der Waals surface area contributed by atoms with E-state index in [0.29, 0.717) is 17.9 Å². The smallest absolute Gasteiger partial charge is 0.253 e. The average Bonchev–Trinajstić information content (AvgIpc) is 3.42. The van der Waals surface area contributed by atoms with Crippen molar-refractivity contribution in [2.75, 3.05) is 38.2 Å². The van der Waals surface area contributed by atoms with Crippen LogP contribution in [0.1, 0.15) is 28.6 Å². The first kappa shape index (κ1) is 24.8. The molecule has 198 valence electrons.